The van der Waals surface area contributed by atoms with Gasteiger partial charge >= 0.3 is 5.97 Å². The molecule has 0 bridgehead atoms. The van der Waals surface area contributed by atoms with Crippen molar-refractivity contribution < 1.29 is 14.3 Å². The van der Waals surface area contributed by atoms with Crippen molar-refractivity contribution in [3.8, 4) is 11.3 Å². The highest BCUT2D eigenvalue weighted by molar-refractivity contribution is 5.87. The first-order valence-electron chi connectivity index (χ1n) is 5.82. The van der Waals surface area contributed by atoms with E-state index in [4.69, 9.17) is 5.11 Å². The van der Waals surface area contributed by atoms with Crippen molar-refractivity contribution in [2.24, 2.45) is 0 Å². The summed E-state index contributed by atoms with van der Waals surface area (Å²) < 4.78 is 14.9. The minimum atomic E-state index is -0.967. The summed E-state index contributed by atoms with van der Waals surface area (Å²) in [6, 6.07) is 9.44. The summed E-state index contributed by atoms with van der Waals surface area (Å²) in [7, 11) is 0. The highest BCUT2D eigenvalue weighted by Crippen LogP contribution is 2.24. The average Bonchev–Trinajstić information content (AvgIpc) is 2.73. The van der Waals surface area contributed by atoms with Crippen LogP contribution in [0.15, 0.2) is 36.4 Å². The van der Waals surface area contributed by atoms with Crippen LogP contribution in [0.1, 0.15) is 23.8 Å². The molecule has 2 rings (SSSR count). The largest absolute Gasteiger partial charge is 0.477 e. The Hall–Kier alpha value is -2.10. The Kier molecular flexibility index (Phi) is 3.46. The second kappa shape index (κ2) is 5.04. The Bertz CT molecular complexity index is 575. The maximum Gasteiger partial charge on any atom is 0.352 e. The number of benzene rings is 1. The quantitative estimate of drug-likeness (QED) is 0.899. The van der Waals surface area contributed by atoms with Gasteiger partial charge in [0, 0.05) is 17.8 Å². The van der Waals surface area contributed by atoms with Gasteiger partial charge in [0.05, 0.1) is 0 Å². The molecule has 0 amide bonds. The molecule has 1 heterocycles. The fourth-order valence-corrected chi connectivity index (χ4v) is 2.02. The molecule has 0 saturated carbocycles. The first-order chi connectivity index (χ1) is 8.63. The van der Waals surface area contributed by atoms with Crippen LogP contribution in [0.2, 0.25) is 0 Å². The molecule has 0 radical (unpaired) electrons. The van der Waals surface area contributed by atoms with Crippen LogP contribution < -0.4 is 0 Å². The predicted octanol–water partition coefficient (Wildman–Crippen LogP) is 3.40. The topological polar surface area (TPSA) is 42.2 Å². The molecule has 0 saturated heterocycles. The summed E-state index contributed by atoms with van der Waals surface area (Å²) in [6.45, 7) is 2.57. The first kappa shape index (κ1) is 12.4. The molecule has 2 aromatic rings. The van der Waals surface area contributed by atoms with Crippen molar-refractivity contribution in [1.29, 1.82) is 0 Å². The van der Waals surface area contributed by atoms with E-state index >= 15 is 0 Å². The van der Waals surface area contributed by atoms with Crippen LogP contribution in [0.4, 0.5) is 4.39 Å². The monoisotopic (exact) mass is 247 g/mol. The molecule has 0 spiro atoms. The summed E-state index contributed by atoms with van der Waals surface area (Å²) in [5.74, 6) is -1.29. The van der Waals surface area contributed by atoms with Crippen LogP contribution in [-0.2, 0) is 6.54 Å². The number of carboxylic acid groups (broad SMARTS) is 1. The van der Waals surface area contributed by atoms with E-state index in [1.54, 1.807) is 28.8 Å². The lowest BCUT2D eigenvalue weighted by molar-refractivity contribution is 0.0685. The van der Waals surface area contributed by atoms with Gasteiger partial charge in [-0.1, -0.05) is 19.1 Å². The van der Waals surface area contributed by atoms with E-state index < -0.39 is 5.97 Å². The van der Waals surface area contributed by atoms with Gasteiger partial charge < -0.3 is 9.67 Å². The molecule has 0 aliphatic heterocycles. The van der Waals surface area contributed by atoms with E-state index in [1.807, 2.05) is 6.92 Å². The van der Waals surface area contributed by atoms with Crippen LogP contribution in [0.3, 0.4) is 0 Å². The highest BCUT2D eigenvalue weighted by Gasteiger charge is 2.14. The maximum absolute atomic E-state index is 13.2. The summed E-state index contributed by atoms with van der Waals surface area (Å²) in [4.78, 5) is 11.1. The Morgan fingerprint density at radius 1 is 1.33 bits per heavy atom. The number of aromatic nitrogens is 1. The van der Waals surface area contributed by atoms with Crippen LogP contribution in [0.5, 0.6) is 0 Å². The van der Waals surface area contributed by atoms with Crippen molar-refractivity contribution >= 4 is 5.97 Å². The molecular weight excluding hydrogens is 233 g/mol. The standard InChI is InChI=1S/C14H14FNO2/c1-2-8-16-12(6-7-13(16)14(17)18)10-4-3-5-11(15)9-10/h3-7,9H,2,8H2,1H3,(H,17,18). The summed E-state index contributed by atoms with van der Waals surface area (Å²) in [6.07, 6.45) is 0.817. The fraction of sp³-hybridized carbons (Fsp3) is 0.214. The SMILES string of the molecule is CCCn1c(C(=O)O)ccc1-c1cccc(F)c1. The van der Waals surface area contributed by atoms with Gasteiger partial charge in [-0.15, -0.1) is 0 Å². The van der Waals surface area contributed by atoms with Gasteiger partial charge in [-0.2, -0.15) is 0 Å². The smallest absolute Gasteiger partial charge is 0.352 e. The van der Waals surface area contributed by atoms with Crippen molar-refractivity contribution in [3.63, 3.8) is 0 Å². The van der Waals surface area contributed by atoms with Crippen LogP contribution >= 0.6 is 0 Å². The number of hydrogen-bond acceptors (Lipinski definition) is 1. The van der Waals surface area contributed by atoms with Gasteiger partial charge in [0.25, 0.3) is 0 Å². The molecule has 1 aromatic carbocycles. The third-order valence-corrected chi connectivity index (χ3v) is 2.77. The van der Waals surface area contributed by atoms with Gasteiger partial charge in [0.15, 0.2) is 0 Å². The Labute approximate surface area is 104 Å². The molecule has 4 heteroatoms. The van der Waals surface area contributed by atoms with Gasteiger partial charge in [-0.3, -0.25) is 0 Å². The fourth-order valence-electron chi connectivity index (χ4n) is 2.02. The number of carbonyl (C=O) groups is 1. The molecular formula is C14H14FNO2. The zero-order valence-corrected chi connectivity index (χ0v) is 10.1. The Morgan fingerprint density at radius 2 is 2.11 bits per heavy atom. The molecule has 1 N–H and O–H groups in total. The Balaban J connectivity index is 2.54. The second-order valence-corrected chi connectivity index (χ2v) is 4.07. The highest BCUT2D eigenvalue weighted by atomic mass is 19.1. The van der Waals surface area contributed by atoms with E-state index in [0.717, 1.165) is 12.1 Å². The normalized spacial score (nSPS) is 10.6. The van der Waals surface area contributed by atoms with Crippen LogP contribution in [0.25, 0.3) is 11.3 Å². The van der Waals surface area contributed by atoms with Crippen molar-refractivity contribution in [2.75, 3.05) is 0 Å². The lowest BCUT2D eigenvalue weighted by atomic mass is 10.1. The van der Waals surface area contributed by atoms with Crippen molar-refractivity contribution in [3.05, 3.63) is 47.9 Å². The molecule has 94 valence electrons. The molecule has 0 aliphatic carbocycles. The van der Waals surface area contributed by atoms with E-state index in [9.17, 15) is 9.18 Å². The lowest BCUT2D eigenvalue weighted by Gasteiger charge is -2.10. The maximum atomic E-state index is 13.2. The van der Waals surface area contributed by atoms with E-state index in [0.29, 0.717) is 12.1 Å². The lowest BCUT2D eigenvalue weighted by Crippen LogP contribution is -2.09. The van der Waals surface area contributed by atoms with Gasteiger partial charge in [0.2, 0.25) is 0 Å². The second-order valence-electron chi connectivity index (χ2n) is 4.07. The van der Waals surface area contributed by atoms with E-state index in [2.05, 4.69) is 0 Å². The average molecular weight is 247 g/mol. The molecule has 0 aliphatic rings. The third kappa shape index (κ3) is 2.27. The minimum Gasteiger partial charge on any atom is -0.477 e. The van der Waals surface area contributed by atoms with Crippen LogP contribution in [-0.4, -0.2) is 15.6 Å². The zero-order valence-electron chi connectivity index (χ0n) is 10.1. The summed E-state index contributed by atoms with van der Waals surface area (Å²) >= 11 is 0. The van der Waals surface area contributed by atoms with Gasteiger partial charge in [-0.25, -0.2) is 9.18 Å². The third-order valence-electron chi connectivity index (χ3n) is 2.77. The molecule has 18 heavy (non-hydrogen) atoms. The molecule has 0 fully saturated rings. The van der Waals surface area contributed by atoms with Gasteiger partial charge in [0.1, 0.15) is 11.5 Å². The molecule has 1 aromatic heterocycles. The first-order valence-corrected chi connectivity index (χ1v) is 5.82. The molecule has 3 nitrogen and oxygen atoms in total. The van der Waals surface area contributed by atoms with Crippen LogP contribution in [0, 0.1) is 5.82 Å². The number of hydrogen-bond donors (Lipinski definition) is 1. The number of carboxylic acids is 1. The predicted molar refractivity (Wildman–Crippen MR) is 67.1 cm³/mol. The van der Waals surface area contributed by atoms with Crippen molar-refractivity contribution in [2.45, 2.75) is 19.9 Å². The minimum absolute atomic E-state index is 0.233. The number of aromatic carboxylic acids is 1. The van der Waals surface area contributed by atoms with E-state index in [-0.39, 0.29) is 11.5 Å². The Morgan fingerprint density at radius 3 is 2.72 bits per heavy atom. The number of halogens is 1. The zero-order chi connectivity index (χ0) is 13.1. The molecule has 0 unspecified atom stereocenters. The summed E-state index contributed by atoms with van der Waals surface area (Å²) in [5.41, 5.74) is 1.65. The van der Waals surface area contributed by atoms with E-state index in [1.165, 1.54) is 12.1 Å². The summed E-state index contributed by atoms with van der Waals surface area (Å²) in [5, 5.41) is 9.11. The van der Waals surface area contributed by atoms with Crippen molar-refractivity contribution in [1.82, 2.24) is 4.57 Å². The number of nitrogens with zero attached hydrogens (tertiary/aromatic N) is 1. The molecule has 0 atom stereocenters. The van der Waals surface area contributed by atoms with Gasteiger partial charge in [-0.05, 0) is 30.7 Å². The number of rotatable bonds is 4.